The molecule has 2 rings (SSSR count). The molecule has 1 aromatic carbocycles. The molecule has 0 radical (unpaired) electrons. The van der Waals surface area contributed by atoms with E-state index in [0.29, 0.717) is 16.6 Å². The van der Waals surface area contributed by atoms with Gasteiger partial charge in [0.2, 0.25) is 0 Å². The molecule has 1 aromatic heterocycles. The van der Waals surface area contributed by atoms with E-state index in [2.05, 4.69) is 4.98 Å². The monoisotopic (exact) mass is 225 g/mol. The number of rotatable bonds is 1. The Balaban J connectivity index is 2.81. The Hall–Kier alpha value is -1.19. The number of aromatic nitrogens is 1. The number of benzene rings is 1. The highest BCUT2D eigenvalue weighted by Crippen LogP contribution is 2.24. The fourth-order valence-electron chi connectivity index (χ4n) is 1.49. The maximum absolute atomic E-state index is 13.2. The fourth-order valence-corrected chi connectivity index (χ4v) is 1.69. The Bertz CT molecular complexity index is 527. The summed E-state index contributed by atoms with van der Waals surface area (Å²) in [6, 6.07) is 4.73. The van der Waals surface area contributed by atoms with Gasteiger partial charge in [0.15, 0.2) is 0 Å². The Labute approximate surface area is 91.3 Å². The first-order valence-corrected chi connectivity index (χ1v) is 4.86. The zero-order valence-corrected chi connectivity index (χ0v) is 8.85. The van der Waals surface area contributed by atoms with E-state index in [9.17, 15) is 4.39 Å². The summed E-state index contributed by atoms with van der Waals surface area (Å²) in [5.74, 6) is -0.303. The molecule has 0 aliphatic rings. The van der Waals surface area contributed by atoms with Gasteiger partial charge in [-0.25, -0.2) is 9.37 Å². The van der Waals surface area contributed by atoms with E-state index in [1.807, 2.05) is 0 Å². The standard InChI is InChI=1S/C11H9ClFNO/c1-6-9(13)3-2-7-4-8(5-15)11(12)14-10(6)7/h2-4,15H,5H2,1H3. The van der Waals surface area contributed by atoms with Gasteiger partial charge in [-0.2, -0.15) is 0 Å². The van der Waals surface area contributed by atoms with E-state index >= 15 is 0 Å². The van der Waals surface area contributed by atoms with Crippen molar-refractivity contribution in [1.82, 2.24) is 4.98 Å². The van der Waals surface area contributed by atoms with Gasteiger partial charge in [-0.15, -0.1) is 0 Å². The average molecular weight is 226 g/mol. The topological polar surface area (TPSA) is 33.1 Å². The van der Waals surface area contributed by atoms with Crippen molar-refractivity contribution in [2.75, 3.05) is 0 Å². The third-order valence-electron chi connectivity index (χ3n) is 2.37. The molecule has 0 amide bonds. The summed E-state index contributed by atoms with van der Waals surface area (Å²) >= 11 is 5.83. The zero-order valence-electron chi connectivity index (χ0n) is 8.09. The molecule has 0 aliphatic carbocycles. The van der Waals surface area contributed by atoms with Gasteiger partial charge < -0.3 is 5.11 Å². The van der Waals surface area contributed by atoms with Crippen LogP contribution in [0.4, 0.5) is 4.39 Å². The molecule has 0 atom stereocenters. The minimum absolute atomic E-state index is 0.168. The van der Waals surface area contributed by atoms with E-state index in [4.69, 9.17) is 16.7 Å². The molecule has 1 N–H and O–H groups in total. The highest BCUT2D eigenvalue weighted by Gasteiger charge is 2.08. The normalized spacial score (nSPS) is 10.9. The molecule has 0 aliphatic heterocycles. The van der Waals surface area contributed by atoms with Gasteiger partial charge in [0, 0.05) is 16.5 Å². The molecule has 0 bridgehead atoms. The molecular weight excluding hydrogens is 217 g/mol. The quantitative estimate of drug-likeness (QED) is 0.757. The summed E-state index contributed by atoms with van der Waals surface area (Å²) in [6.45, 7) is 1.48. The summed E-state index contributed by atoms with van der Waals surface area (Å²) < 4.78 is 13.2. The van der Waals surface area contributed by atoms with Gasteiger partial charge in [0.05, 0.1) is 12.1 Å². The minimum atomic E-state index is -0.303. The number of fused-ring (bicyclic) bond motifs is 1. The zero-order chi connectivity index (χ0) is 11.0. The van der Waals surface area contributed by atoms with Crippen molar-refractivity contribution in [2.45, 2.75) is 13.5 Å². The molecule has 2 nitrogen and oxygen atoms in total. The molecule has 2 aromatic rings. The summed E-state index contributed by atoms with van der Waals surface area (Å²) in [7, 11) is 0. The maximum Gasteiger partial charge on any atom is 0.135 e. The molecule has 0 saturated carbocycles. The number of hydrogen-bond donors (Lipinski definition) is 1. The molecule has 0 fully saturated rings. The maximum atomic E-state index is 13.2. The number of hydrogen-bond acceptors (Lipinski definition) is 2. The Morgan fingerprint density at radius 2 is 2.20 bits per heavy atom. The number of aliphatic hydroxyl groups is 1. The lowest BCUT2D eigenvalue weighted by molar-refractivity contribution is 0.281. The largest absolute Gasteiger partial charge is 0.392 e. The van der Waals surface area contributed by atoms with E-state index in [1.54, 1.807) is 19.1 Å². The van der Waals surface area contributed by atoms with Crippen LogP contribution in [-0.4, -0.2) is 10.1 Å². The van der Waals surface area contributed by atoms with Crippen molar-refractivity contribution < 1.29 is 9.50 Å². The first kappa shape index (κ1) is 10.3. The van der Waals surface area contributed by atoms with Crippen LogP contribution in [0.25, 0.3) is 10.9 Å². The van der Waals surface area contributed by atoms with Crippen molar-refractivity contribution in [3.05, 3.63) is 40.3 Å². The SMILES string of the molecule is Cc1c(F)ccc2cc(CO)c(Cl)nc12. The number of halogens is 2. The number of pyridine rings is 1. The van der Waals surface area contributed by atoms with Crippen LogP contribution in [0.3, 0.4) is 0 Å². The Morgan fingerprint density at radius 1 is 1.47 bits per heavy atom. The number of nitrogens with zero attached hydrogens (tertiary/aromatic N) is 1. The molecule has 4 heteroatoms. The van der Waals surface area contributed by atoms with Gasteiger partial charge in [-0.05, 0) is 25.1 Å². The van der Waals surface area contributed by atoms with E-state index < -0.39 is 0 Å². The highest BCUT2D eigenvalue weighted by atomic mass is 35.5. The smallest absolute Gasteiger partial charge is 0.135 e. The minimum Gasteiger partial charge on any atom is -0.392 e. The number of aliphatic hydroxyl groups excluding tert-OH is 1. The van der Waals surface area contributed by atoms with Crippen LogP contribution in [0.1, 0.15) is 11.1 Å². The first-order valence-electron chi connectivity index (χ1n) is 4.48. The lowest BCUT2D eigenvalue weighted by Crippen LogP contribution is -1.93. The van der Waals surface area contributed by atoms with Crippen molar-refractivity contribution >= 4 is 22.5 Å². The number of aryl methyl sites for hydroxylation is 1. The third kappa shape index (κ3) is 1.68. The van der Waals surface area contributed by atoms with Crippen molar-refractivity contribution in [3.8, 4) is 0 Å². The van der Waals surface area contributed by atoms with Gasteiger partial charge in [0.1, 0.15) is 11.0 Å². The van der Waals surface area contributed by atoms with E-state index in [1.165, 1.54) is 6.07 Å². The second kappa shape index (κ2) is 3.76. The molecule has 1 heterocycles. The van der Waals surface area contributed by atoms with E-state index in [-0.39, 0.29) is 17.6 Å². The molecule has 0 spiro atoms. The van der Waals surface area contributed by atoms with Gasteiger partial charge >= 0.3 is 0 Å². The molecule has 0 unspecified atom stereocenters. The average Bonchev–Trinajstić information content (AvgIpc) is 2.24. The van der Waals surface area contributed by atoms with E-state index in [0.717, 1.165) is 5.39 Å². The van der Waals surface area contributed by atoms with Crippen LogP contribution in [0, 0.1) is 12.7 Å². The summed E-state index contributed by atoms with van der Waals surface area (Å²) in [6.07, 6.45) is 0. The molecule has 78 valence electrons. The third-order valence-corrected chi connectivity index (χ3v) is 2.70. The van der Waals surface area contributed by atoms with Gasteiger partial charge in [0.25, 0.3) is 0 Å². The summed E-state index contributed by atoms with van der Waals surface area (Å²) in [4.78, 5) is 4.07. The Kier molecular flexibility index (Phi) is 2.59. The van der Waals surface area contributed by atoms with Crippen LogP contribution in [0.15, 0.2) is 18.2 Å². The van der Waals surface area contributed by atoms with Crippen LogP contribution in [0.2, 0.25) is 5.15 Å². The predicted octanol–water partition coefficient (Wildman–Crippen LogP) is 2.83. The lowest BCUT2D eigenvalue weighted by atomic mass is 10.1. The van der Waals surface area contributed by atoms with Crippen LogP contribution >= 0.6 is 11.6 Å². The second-order valence-electron chi connectivity index (χ2n) is 3.34. The van der Waals surface area contributed by atoms with Crippen LogP contribution in [0.5, 0.6) is 0 Å². The summed E-state index contributed by atoms with van der Waals surface area (Å²) in [5.41, 5.74) is 1.56. The fraction of sp³-hybridized carbons (Fsp3) is 0.182. The second-order valence-corrected chi connectivity index (χ2v) is 3.70. The molecule has 0 saturated heterocycles. The van der Waals surface area contributed by atoms with Gasteiger partial charge in [-0.1, -0.05) is 11.6 Å². The Morgan fingerprint density at radius 3 is 2.87 bits per heavy atom. The van der Waals surface area contributed by atoms with Crippen molar-refractivity contribution in [2.24, 2.45) is 0 Å². The van der Waals surface area contributed by atoms with Crippen LogP contribution < -0.4 is 0 Å². The molecule has 15 heavy (non-hydrogen) atoms. The predicted molar refractivity (Wildman–Crippen MR) is 57.4 cm³/mol. The van der Waals surface area contributed by atoms with Crippen molar-refractivity contribution in [1.29, 1.82) is 0 Å². The summed E-state index contributed by atoms with van der Waals surface area (Å²) in [5, 5.41) is 10.0. The lowest BCUT2D eigenvalue weighted by Gasteiger charge is -2.06. The highest BCUT2D eigenvalue weighted by molar-refractivity contribution is 6.30. The van der Waals surface area contributed by atoms with Gasteiger partial charge in [-0.3, -0.25) is 0 Å². The first-order chi connectivity index (χ1) is 7.13. The van der Waals surface area contributed by atoms with Crippen LogP contribution in [-0.2, 0) is 6.61 Å². The molecular formula is C11H9ClFNO. The van der Waals surface area contributed by atoms with Crippen molar-refractivity contribution in [3.63, 3.8) is 0 Å².